The Hall–Kier alpha value is -0.0900. The Kier molecular flexibility index (Phi) is 5.76. The third-order valence-electron chi connectivity index (χ3n) is 1.99. The summed E-state index contributed by atoms with van der Waals surface area (Å²) in [6.45, 7) is 4.84. The third kappa shape index (κ3) is 4.42. The Morgan fingerprint density at radius 3 is 2.56 bits per heavy atom. The predicted octanol–water partition coefficient (Wildman–Crippen LogP) is 3.10. The van der Waals surface area contributed by atoms with Crippen molar-refractivity contribution in [2.75, 3.05) is 12.3 Å². The van der Waals surface area contributed by atoms with E-state index in [0.717, 1.165) is 11.4 Å². The highest BCUT2D eigenvalue weighted by atomic mass is 35.5. The van der Waals surface area contributed by atoms with E-state index in [2.05, 4.69) is 19.2 Å². The standard InChI is InChI=1S/C11H15Cl2NOS/c1-8(2)14-5-6-16(15)9-3-4-10(12)11(13)7-9/h3-4,7-8,14H,5-6H2,1-2H3. The van der Waals surface area contributed by atoms with Gasteiger partial charge in [-0.05, 0) is 18.2 Å². The van der Waals surface area contributed by atoms with E-state index in [0.29, 0.717) is 21.8 Å². The summed E-state index contributed by atoms with van der Waals surface area (Å²) in [4.78, 5) is 0.722. The Labute approximate surface area is 109 Å². The minimum atomic E-state index is -1.02. The van der Waals surface area contributed by atoms with Crippen molar-refractivity contribution in [2.24, 2.45) is 0 Å². The summed E-state index contributed by atoms with van der Waals surface area (Å²) < 4.78 is 11.9. The molecule has 1 rings (SSSR count). The molecule has 0 heterocycles. The van der Waals surface area contributed by atoms with Gasteiger partial charge >= 0.3 is 0 Å². The lowest BCUT2D eigenvalue weighted by molar-refractivity contribution is 0.610. The normalized spacial score (nSPS) is 13.1. The topological polar surface area (TPSA) is 29.1 Å². The van der Waals surface area contributed by atoms with Crippen molar-refractivity contribution in [1.29, 1.82) is 0 Å². The molecule has 0 saturated heterocycles. The zero-order valence-corrected chi connectivity index (χ0v) is 11.6. The second-order valence-corrected chi connectivity index (χ2v) is 6.12. The molecule has 0 bridgehead atoms. The monoisotopic (exact) mass is 279 g/mol. The Balaban J connectivity index is 2.56. The summed E-state index contributed by atoms with van der Waals surface area (Å²) in [5.74, 6) is 0.580. The van der Waals surface area contributed by atoms with Crippen molar-refractivity contribution in [3.05, 3.63) is 28.2 Å². The molecule has 1 atom stereocenters. The number of hydrogen-bond donors (Lipinski definition) is 1. The molecule has 16 heavy (non-hydrogen) atoms. The number of hydrogen-bond acceptors (Lipinski definition) is 2. The van der Waals surface area contributed by atoms with Crippen LogP contribution < -0.4 is 5.32 Å². The maximum atomic E-state index is 11.9. The van der Waals surface area contributed by atoms with Gasteiger partial charge in [-0.1, -0.05) is 37.0 Å². The van der Waals surface area contributed by atoms with Crippen molar-refractivity contribution >= 4 is 34.0 Å². The third-order valence-corrected chi connectivity index (χ3v) is 4.09. The molecular weight excluding hydrogens is 265 g/mol. The van der Waals surface area contributed by atoms with Crippen molar-refractivity contribution in [3.8, 4) is 0 Å². The highest BCUT2D eigenvalue weighted by molar-refractivity contribution is 7.85. The van der Waals surface area contributed by atoms with Gasteiger partial charge in [-0.2, -0.15) is 0 Å². The zero-order chi connectivity index (χ0) is 12.1. The number of nitrogens with one attached hydrogen (secondary N) is 1. The second kappa shape index (κ2) is 6.60. The molecule has 0 fully saturated rings. The summed E-state index contributed by atoms with van der Waals surface area (Å²) in [7, 11) is -1.02. The number of rotatable bonds is 5. The minimum Gasteiger partial charge on any atom is -0.314 e. The maximum absolute atomic E-state index is 11.9. The van der Waals surface area contributed by atoms with Gasteiger partial charge in [-0.15, -0.1) is 0 Å². The van der Waals surface area contributed by atoms with Crippen LogP contribution >= 0.6 is 23.2 Å². The molecule has 0 spiro atoms. The first-order valence-corrected chi connectivity index (χ1v) is 7.15. The molecule has 0 aliphatic heterocycles. The molecule has 2 nitrogen and oxygen atoms in total. The smallest absolute Gasteiger partial charge is 0.0604 e. The minimum absolute atomic E-state index is 0.408. The van der Waals surface area contributed by atoms with Crippen molar-refractivity contribution < 1.29 is 4.21 Å². The van der Waals surface area contributed by atoms with Gasteiger partial charge in [0.25, 0.3) is 0 Å². The molecular formula is C11H15Cl2NOS. The molecule has 0 radical (unpaired) electrons. The molecule has 0 aliphatic rings. The molecule has 1 aromatic carbocycles. The van der Waals surface area contributed by atoms with Crippen LogP contribution in [0.5, 0.6) is 0 Å². The SMILES string of the molecule is CC(C)NCCS(=O)c1ccc(Cl)c(Cl)c1. The highest BCUT2D eigenvalue weighted by Gasteiger charge is 2.06. The van der Waals surface area contributed by atoms with Gasteiger partial charge in [0, 0.05) is 23.2 Å². The molecule has 1 aromatic rings. The highest BCUT2D eigenvalue weighted by Crippen LogP contribution is 2.24. The Bertz CT molecular complexity index is 382. The molecule has 90 valence electrons. The molecule has 1 N–H and O–H groups in total. The van der Waals surface area contributed by atoms with Crippen LogP contribution in [0.2, 0.25) is 10.0 Å². The van der Waals surface area contributed by atoms with E-state index in [9.17, 15) is 4.21 Å². The first kappa shape index (κ1) is 14.0. The van der Waals surface area contributed by atoms with Crippen LogP contribution in [0.1, 0.15) is 13.8 Å². The lowest BCUT2D eigenvalue weighted by Crippen LogP contribution is -2.27. The second-order valence-electron chi connectivity index (χ2n) is 3.73. The molecule has 0 amide bonds. The molecule has 0 aliphatic carbocycles. The van der Waals surface area contributed by atoms with Gasteiger partial charge in [0.1, 0.15) is 0 Å². The van der Waals surface area contributed by atoms with Crippen molar-refractivity contribution in [2.45, 2.75) is 24.8 Å². The summed E-state index contributed by atoms with van der Waals surface area (Å²) in [6.07, 6.45) is 0. The van der Waals surface area contributed by atoms with E-state index in [4.69, 9.17) is 23.2 Å². The lowest BCUT2D eigenvalue weighted by atomic mass is 10.4. The summed E-state index contributed by atoms with van der Waals surface area (Å²) in [6, 6.07) is 5.49. The van der Waals surface area contributed by atoms with Crippen LogP contribution in [0.3, 0.4) is 0 Å². The van der Waals surface area contributed by atoms with E-state index in [-0.39, 0.29) is 0 Å². The molecule has 1 unspecified atom stereocenters. The average Bonchev–Trinajstić information content (AvgIpc) is 2.21. The van der Waals surface area contributed by atoms with E-state index >= 15 is 0 Å². The van der Waals surface area contributed by atoms with Crippen LogP contribution in [0, 0.1) is 0 Å². The maximum Gasteiger partial charge on any atom is 0.0604 e. The van der Waals surface area contributed by atoms with Gasteiger partial charge in [0.15, 0.2) is 0 Å². The van der Waals surface area contributed by atoms with Gasteiger partial charge < -0.3 is 5.32 Å². The van der Waals surface area contributed by atoms with Crippen LogP contribution in [0.4, 0.5) is 0 Å². The summed E-state index contributed by atoms with van der Waals surface area (Å²) in [5, 5.41) is 4.16. The molecule has 5 heteroatoms. The van der Waals surface area contributed by atoms with Gasteiger partial charge in [-0.25, -0.2) is 0 Å². The first-order valence-electron chi connectivity index (χ1n) is 5.07. The van der Waals surface area contributed by atoms with Gasteiger partial charge in [-0.3, -0.25) is 4.21 Å². The zero-order valence-electron chi connectivity index (χ0n) is 9.30. The largest absolute Gasteiger partial charge is 0.314 e. The quantitative estimate of drug-likeness (QED) is 0.898. The van der Waals surface area contributed by atoms with Crippen LogP contribution in [0.15, 0.2) is 23.1 Å². The summed E-state index contributed by atoms with van der Waals surface area (Å²) in [5.41, 5.74) is 0. The number of halogens is 2. The van der Waals surface area contributed by atoms with Crippen molar-refractivity contribution in [3.63, 3.8) is 0 Å². The fourth-order valence-electron chi connectivity index (χ4n) is 1.18. The van der Waals surface area contributed by atoms with Crippen LogP contribution in [0.25, 0.3) is 0 Å². The first-order chi connectivity index (χ1) is 7.50. The average molecular weight is 280 g/mol. The van der Waals surface area contributed by atoms with Gasteiger partial charge in [0.2, 0.25) is 0 Å². The van der Waals surface area contributed by atoms with E-state index < -0.39 is 10.8 Å². The molecule has 0 saturated carbocycles. The Morgan fingerprint density at radius 2 is 2.00 bits per heavy atom. The number of benzene rings is 1. The van der Waals surface area contributed by atoms with E-state index in [1.807, 2.05) is 0 Å². The van der Waals surface area contributed by atoms with E-state index in [1.165, 1.54) is 0 Å². The fraction of sp³-hybridized carbons (Fsp3) is 0.455. The predicted molar refractivity (Wildman–Crippen MR) is 70.9 cm³/mol. The van der Waals surface area contributed by atoms with E-state index in [1.54, 1.807) is 18.2 Å². The summed E-state index contributed by atoms with van der Waals surface area (Å²) >= 11 is 11.6. The van der Waals surface area contributed by atoms with Crippen LogP contribution in [-0.4, -0.2) is 22.5 Å². The van der Waals surface area contributed by atoms with Crippen LogP contribution in [-0.2, 0) is 10.8 Å². The van der Waals surface area contributed by atoms with Gasteiger partial charge in [0.05, 0.1) is 20.8 Å². The van der Waals surface area contributed by atoms with Crippen molar-refractivity contribution in [1.82, 2.24) is 5.32 Å². The molecule has 0 aromatic heterocycles. The fourth-order valence-corrected chi connectivity index (χ4v) is 2.55. The lowest BCUT2D eigenvalue weighted by Gasteiger charge is -2.08. The Morgan fingerprint density at radius 1 is 1.31 bits per heavy atom.